The van der Waals surface area contributed by atoms with Crippen molar-refractivity contribution in [3.63, 3.8) is 0 Å². The van der Waals surface area contributed by atoms with Crippen molar-refractivity contribution in [2.75, 3.05) is 0 Å². The molecule has 0 aliphatic heterocycles. The lowest BCUT2D eigenvalue weighted by atomic mass is 10.1. The number of nitrogens with zero attached hydrogens (tertiary/aromatic N) is 3. The van der Waals surface area contributed by atoms with Crippen molar-refractivity contribution in [3.05, 3.63) is 87.6 Å². The average Bonchev–Trinajstić information content (AvgIpc) is 3.35. The van der Waals surface area contributed by atoms with E-state index >= 15 is 0 Å². The first-order valence-electron chi connectivity index (χ1n) is 9.24. The van der Waals surface area contributed by atoms with Gasteiger partial charge in [0.2, 0.25) is 0 Å². The van der Waals surface area contributed by atoms with Gasteiger partial charge in [-0.05, 0) is 35.9 Å². The number of fused-ring (bicyclic) bond motifs is 2. The smallest absolute Gasteiger partial charge is 0.271 e. The maximum absolute atomic E-state index is 14.8. The molecule has 2 aromatic heterocycles. The number of imidazole rings is 1. The predicted octanol–water partition coefficient (Wildman–Crippen LogP) is 5.46. The van der Waals surface area contributed by atoms with Crippen LogP contribution in [0.15, 0.2) is 54.6 Å². The number of nitro groups is 1. The molecule has 3 aromatic carbocycles. The van der Waals surface area contributed by atoms with Gasteiger partial charge in [0.15, 0.2) is 0 Å². The summed E-state index contributed by atoms with van der Waals surface area (Å²) in [6.45, 7) is 0. The monoisotopic (exact) mass is 417 g/mol. The Kier molecular flexibility index (Phi) is 4.28. The molecule has 0 unspecified atom stereocenters. The number of nitrogens with one attached hydrogen (secondary N) is 2. The molecule has 0 atom stereocenters. The first-order chi connectivity index (χ1) is 15.0. The van der Waals surface area contributed by atoms with E-state index in [1.54, 1.807) is 30.4 Å². The highest BCUT2D eigenvalue weighted by atomic mass is 19.1. The van der Waals surface area contributed by atoms with E-state index in [2.05, 4.69) is 20.2 Å². The van der Waals surface area contributed by atoms with Crippen LogP contribution in [-0.2, 0) is 0 Å². The number of aromatic nitrogens is 4. The Morgan fingerprint density at radius 3 is 2.55 bits per heavy atom. The van der Waals surface area contributed by atoms with Crippen LogP contribution < -0.4 is 0 Å². The molecule has 0 bridgehead atoms. The Labute approximate surface area is 173 Å². The molecule has 9 heteroatoms. The van der Waals surface area contributed by atoms with Crippen molar-refractivity contribution in [1.29, 1.82) is 0 Å². The Morgan fingerprint density at radius 1 is 0.968 bits per heavy atom. The standard InChI is InChI=1S/C22H13F2N5O2/c23-13-4-1-12(2-5-13)3-7-18-16-10-15(17(24)11-20(16)28-27-18)22-25-19-8-6-14(29(30)31)9-21(19)26-22/h1-11H,(H,25,26)(H,27,28)/b7-3+. The maximum Gasteiger partial charge on any atom is 0.271 e. The normalized spacial score (nSPS) is 11.7. The first kappa shape index (κ1) is 18.6. The van der Waals surface area contributed by atoms with E-state index in [4.69, 9.17) is 0 Å². The third kappa shape index (κ3) is 3.42. The van der Waals surface area contributed by atoms with Gasteiger partial charge in [-0.2, -0.15) is 5.10 Å². The number of non-ortho nitro benzene ring substituents is 1. The number of hydrogen-bond acceptors (Lipinski definition) is 4. The molecule has 0 aliphatic carbocycles. The SMILES string of the molecule is O=[N+]([O-])c1ccc2nc(-c3cc4c(/C=C/c5ccc(F)cc5)n[nH]c4cc3F)[nH]c2c1. The van der Waals surface area contributed by atoms with Crippen LogP contribution in [-0.4, -0.2) is 25.1 Å². The first-order valence-corrected chi connectivity index (χ1v) is 9.24. The summed E-state index contributed by atoms with van der Waals surface area (Å²) in [6, 6.07) is 13.2. The third-order valence-electron chi connectivity index (χ3n) is 4.92. The molecule has 0 saturated carbocycles. The third-order valence-corrected chi connectivity index (χ3v) is 4.92. The van der Waals surface area contributed by atoms with Gasteiger partial charge in [-0.3, -0.25) is 15.2 Å². The Hall–Kier alpha value is -4.40. The number of halogens is 2. The van der Waals surface area contributed by atoms with Gasteiger partial charge in [-0.1, -0.05) is 18.2 Å². The zero-order chi connectivity index (χ0) is 21.5. The number of H-pyrrole nitrogens is 2. The summed E-state index contributed by atoms with van der Waals surface area (Å²) in [5, 5.41) is 18.7. The lowest BCUT2D eigenvalue weighted by Gasteiger charge is -2.00. The molecule has 0 radical (unpaired) electrons. The molecular formula is C22H13F2N5O2. The minimum Gasteiger partial charge on any atom is -0.338 e. The summed E-state index contributed by atoms with van der Waals surface area (Å²) in [5.74, 6) is -0.581. The highest BCUT2D eigenvalue weighted by Crippen LogP contribution is 2.30. The van der Waals surface area contributed by atoms with E-state index in [1.165, 1.54) is 36.4 Å². The van der Waals surface area contributed by atoms with E-state index in [0.717, 1.165) is 5.56 Å². The summed E-state index contributed by atoms with van der Waals surface area (Å²) in [7, 11) is 0. The van der Waals surface area contributed by atoms with Crippen LogP contribution in [0, 0.1) is 21.7 Å². The van der Waals surface area contributed by atoms with Crippen molar-refractivity contribution in [2.24, 2.45) is 0 Å². The molecule has 152 valence electrons. The number of nitro benzene ring substituents is 1. The van der Waals surface area contributed by atoms with E-state index in [0.29, 0.717) is 27.6 Å². The predicted molar refractivity (Wildman–Crippen MR) is 113 cm³/mol. The van der Waals surface area contributed by atoms with Gasteiger partial charge in [-0.15, -0.1) is 0 Å². The van der Waals surface area contributed by atoms with Gasteiger partial charge < -0.3 is 4.98 Å². The van der Waals surface area contributed by atoms with Crippen molar-refractivity contribution in [2.45, 2.75) is 0 Å². The molecule has 5 aromatic rings. The number of aromatic amines is 2. The van der Waals surface area contributed by atoms with Crippen LogP contribution in [0.5, 0.6) is 0 Å². The molecule has 0 aliphatic rings. The lowest BCUT2D eigenvalue weighted by molar-refractivity contribution is -0.384. The molecule has 0 amide bonds. The maximum atomic E-state index is 14.8. The summed E-state index contributed by atoms with van der Waals surface area (Å²) in [6.07, 6.45) is 3.52. The van der Waals surface area contributed by atoms with Crippen molar-refractivity contribution in [1.82, 2.24) is 20.2 Å². The number of hydrogen-bond donors (Lipinski definition) is 2. The molecule has 0 fully saturated rings. The van der Waals surface area contributed by atoms with Gasteiger partial charge in [0.05, 0.1) is 32.7 Å². The fourth-order valence-electron chi connectivity index (χ4n) is 3.35. The van der Waals surface area contributed by atoms with Crippen LogP contribution in [0.1, 0.15) is 11.3 Å². The minimum absolute atomic E-state index is 0.0818. The zero-order valence-electron chi connectivity index (χ0n) is 15.8. The van der Waals surface area contributed by atoms with Crippen LogP contribution in [0.4, 0.5) is 14.5 Å². The van der Waals surface area contributed by atoms with E-state index in [-0.39, 0.29) is 22.9 Å². The van der Waals surface area contributed by atoms with Crippen molar-refractivity contribution < 1.29 is 13.7 Å². The summed E-state index contributed by atoms with van der Waals surface area (Å²) in [5.41, 5.74) is 2.93. The molecule has 2 N–H and O–H groups in total. The van der Waals surface area contributed by atoms with Crippen LogP contribution in [0.3, 0.4) is 0 Å². The fourth-order valence-corrected chi connectivity index (χ4v) is 3.35. The largest absolute Gasteiger partial charge is 0.338 e. The quantitative estimate of drug-likeness (QED) is 0.299. The highest BCUT2D eigenvalue weighted by molar-refractivity contribution is 5.93. The molecule has 7 nitrogen and oxygen atoms in total. The average molecular weight is 417 g/mol. The van der Waals surface area contributed by atoms with E-state index in [9.17, 15) is 18.9 Å². The van der Waals surface area contributed by atoms with Gasteiger partial charge in [0.1, 0.15) is 17.5 Å². The second-order valence-electron chi connectivity index (χ2n) is 6.92. The summed E-state index contributed by atoms with van der Waals surface area (Å²) >= 11 is 0. The topological polar surface area (TPSA) is 100 Å². The van der Waals surface area contributed by atoms with Crippen molar-refractivity contribution in [3.8, 4) is 11.4 Å². The minimum atomic E-state index is -0.515. The Bertz CT molecular complexity index is 1490. The zero-order valence-corrected chi connectivity index (χ0v) is 15.8. The summed E-state index contributed by atoms with van der Waals surface area (Å²) in [4.78, 5) is 17.8. The molecule has 5 rings (SSSR count). The van der Waals surface area contributed by atoms with Crippen LogP contribution in [0.25, 0.3) is 45.5 Å². The summed E-state index contributed by atoms with van der Waals surface area (Å²) < 4.78 is 27.8. The van der Waals surface area contributed by atoms with Gasteiger partial charge in [0, 0.05) is 23.6 Å². The van der Waals surface area contributed by atoms with Crippen LogP contribution in [0.2, 0.25) is 0 Å². The molecule has 2 heterocycles. The number of benzene rings is 3. The van der Waals surface area contributed by atoms with Gasteiger partial charge in [0.25, 0.3) is 5.69 Å². The Balaban J connectivity index is 1.57. The van der Waals surface area contributed by atoms with E-state index in [1.807, 2.05) is 0 Å². The molecule has 31 heavy (non-hydrogen) atoms. The second-order valence-corrected chi connectivity index (χ2v) is 6.92. The Morgan fingerprint density at radius 2 is 1.77 bits per heavy atom. The molecular weight excluding hydrogens is 404 g/mol. The van der Waals surface area contributed by atoms with Crippen LogP contribution >= 0.6 is 0 Å². The second kappa shape index (κ2) is 7.13. The molecule has 0 spiro atoms. The van der Waals surface area contributed by atoms with Gasteiger partial charge >= 0.3 is 0 Å². The van der Waals surface area contributed by atoms with E-state index < -0.39 is 10.7 Å². The fraction of sp³-hybridized carbons (Fsp3) is 0. The number of rotatable bonds is 4. The molecule has 0 saturated heterocycles. The lowest BCUT2D eigenvalue weighted by Crippen LogP contribution is -1.87. The highest BCUT2D eigenvalue weighted by Gasteiger charge is 2.16. The van der Waals surface area contributed by atoms with Crippen molar-refractivity contribution >= 4 is 39.8 Å². The van der Waals surface area contributed by atoms with Gasteiger partial charge in [-0.25, -0.2) is 13.8 Å².